The molecule has 0 bridgehead atoms. The van der Waals surface area contributed by atoms with E-state index in [0.29, 0.717) is 23.8 Å². The molecule has 0 saturated carbocycles. The second-order valence-electron chi connectivity index (χ2n) is 4.98. The minimum Gasteiger partial charge on any atom is -0.326 e. The van der Waals surface area contributed by atoms with Gasteiger partial charge in [-0.15, -0.1) is 0 Å². The predicted octanol–water partition coefficient (Wildman–Crippen LogP) is 3.62. The highest BCUT2D eigenvalue weighted by molar-refractivity contribution is 5.61. The molecule has 1 aromatic heterocycles. The predicted molar refractivity (Wildman–Crippen MR) is 80.1 cm³/mol. The molecule has 118 valence electrons. The van der Waals surface area contributed by atoms with Crippen molar-refractivity contribution in [2.24, 2.45) is 5.73 Å². The second-order valence-corrected chi connectivity index (χ2v) is 4.98. The largest absolute Gasteiger partial charge is 0.416 e. The van der Waals surface area contributed by atoms with E-state index in [1.807, 2.05) is 24.3 Å². The quantitative estimate of drug-likeness (QED) is 0.775. The third-order valence-electron chi connectivity index (χ3n) is 3.42. The molecule has 0 radical (unpaired) electrons. The van der Waals surface area contributed by atoms with Crippen LogP contribution in [0.15, 0.2) is 48.5 Å². The Kier molecular flexibility index (Phi) is 3.87. The lowest BCUT2D eigenvalue weighted by Crippen LogP contribution is -2.04. The molecule has 4 nitrogen and oxygen atoms in total. The monoisotopic (exact) mass is 318 g/mol. The van der Waals surface area contributed by atoms with Crippen LogP contribution in [0.4, 0.5) is 13.2 Å². The van der Waals surface area contributed by atoms with Crippen LogP contribution >= 0.6 is 0 Å². The van der Waals surface area contributed by atoms with Crippen LogP contribution < -0.4 is 5.73 Å². The topological polar surface area (TPSA) is 67.6 Å². The van der Waals surface area contributed by atoms with Gasteiger partial charge in [-0.3, -0.25) is 5.10 Å². The van der Waals surface area contributed by atoms with E-state index in [4.69, 9.17) is 5.73 Å². The zero-order valence-electron chi connectivity index (χ0n) is 11.9. The minimum absolute atomic E-state index is 0.344. The third kappa shape index (κ3) is 3.24. The van der Waals surface area contributed by atoms with Crippen molar-refractivity contribution in [3.63, 3.8) is 0 Å². The van der Waals surface area contributed by atoms with Crippen LogP contribution in [-0.4, -0.2) is 15.2 Å². The van der Waals surface area contributed by atoms with Crippen LogP contribution in [0.25, 0.3) is 22.8 Å². The molecule has 3 rings (SSSR count). The summed E-state index contributed by atoms with van der Waals surface area (Å²) in [5.41, 5.74) is 7.18. The van der Waals surface area contributed by atoms with Gasteiger partial charge in [-0.25, -0.2) is 4.98 Å². The summed E-state index contributed by atoms with van der Waals surface area (Å²) in [6.07, 6.45) is -4.35. The van der Waals surface area contributed by atoms with Crippen LogP contribution in [0, 0.1) is 0 Å². The van der Waals surface area contributed by atoms with E-state index in [2.05, 4.69) is 15.2 Å². The van der Waals surface area contributed by atoms with Crippen molar-refractivity contribution in [2.45, 2.75) is 12.7 Å². The Morgan fingerprint density at radius 3 is 2.09 bits per heavy atom. The van der Waals surface area contributed by atoms with Crippen LogP contribution in [0.3, 0.4) is 0 Å². The van der Waals surface area contributed by atoms with E-state index in [-0.39, 0.29) is 0 Å². The molecule has 3 aromatic rings. The Balaban J connectivity index is 1.86. The highest BCUT2D eigenvalue weighted by Gasteiger charge is 2.30. The number of benzene rings is 2. The van der Waals surface area contributed by atoms with E-state index < -0.39 is 11.7 Å². The van der Waals surface area contributed by atoms with Crippen molar-refractivity contribution < 1.29 is 13.2 Å². The molecule has 0 aliphatic rings. The smallest absolute Gasteiger partial charge is 0.326 e. The maximum absolute atomic E-state index is 12.6. The summed E-state index contributed by atoms with van der Waals surface area (Å²) in [6.45, 7) is 0.452. The first-order valence-electron chi connectivity index (χ1n) is 6.87. The van der Waals surface area contributed by atoms with E-state index in [1.165, 1.54) is 12.1 Å². The number of aromatic nitrogens is 3. The molecule has 0 fully saturated rings. The van der Waals surface area contributed by atoms with Gasteiger partial charge in [0.25, 0.3) is 0 Å². The molecule has 0 unspecified atom stereocenters. The second kappa shape index (κ2) is 5.85. The van der Waals surface area contributed by atoms with Gasteiger partial charge in [0.2, 0.25) is 0 Å². The summed E-state index contributed by atoms with van der Waals surface area (Å²) < 4.78 is 37.7. The number of nitrogens with zero attached hydrogens (tertiary/aromatic N) is 2. The van der Waals surface area contributed by atoms with E-state index >= 15 is 0 Å². The number of rotatable bonds is 3. The van der Waals surface area contributed by atoms with Crippen LogP contribution in [0.5, 0.6) is 0 Å². The molecule has 0 saturated heterocycles. The van der Waals surface area contributed by atoms with Gasteiger partial charge in [0, 0.05) is 17.7 Å². The van der Waals surface area contributed by atoms with Gasteiger partial charge in [-0.2, -0.15) is 18.3 Å². The molecule has 23 heavy (non-hydrogen) atoms. The number of hydrogen-bond acceptors (Lipinski definition) is 3. The van der Waals surface area contributed by atoms with Crippen LogP contribution in [0.2, 0.25) is 0 Å². The van der Waals surface area contributed by atoms with Gasteiger partial charge in [-0.1, -0.05) is 36.4 Å². The number of nitrogens with one attached hydrogen (secondary N) is 1. The van der Waals surface area contributed by atoms with Crippen molar-refractivity contribution in [1.82, 2.24) is 15.2 Å². The summed E-state index contributed by atoms with van der Waals surface area (Å²) in [4.78, 5) is 4.32. The van der Waals surface area contributed by atoms with E-state index in [0.717, 1.165) is 23.3 Å². The fourth-order valence-electron chi connectivity index (χ4n) is 2.13. The normalized spacial score (nSPS) is 11.7. The number of halogens is 3. The fourth-order valence-corrected chi connectivity index (χ4v) is 2.13. The van der Waals surface area contributed by atoms with Crippen molar-refractivity contribution in [3.05, 3.63) is 59.7 Å². The molecule has 0 aliphatic heterocycles. The first-order chi connectivity index (χ1) is 11.0. The van der Waals surface area contributed by atoms with Crippen molar-refractivity contribution in [1.29, 1.82) is 0 Å². The first kappa shape index (κ1) is 15.2. The highest BCUT2D eigenvalue weighted by Crippen LogP contribution is 2.30. The lowest BCUT2D eigenvalue weighted by Gasteiger charge is -2.06. The van der Waals surface area contributed by atoms with Gasteiger partial charge in [0.05, 0.1) is 5.56 Å². The Labute approximate surface area is 130 Å². The lowest BCUT2D eigenvalue weighted by molar-refractivity contribution is -0.137. The first-order valence-corrected chi connectivity index (χ1v) is 6.87. The minimum atomic E-state index is -4.35. The molecular weight excluding hydrogens is 305 g/mol. The maximum Gasteiger partial charge on any atom is 0.416 e. The molecule has 7 heteroatoms. The molecule has 1 heterocycles. The SMILES string of the molecule is NCc1ccc(-c2nc(-c3ccc(C(F)(F)F)cc3)n[nH]2)cc1. The Morgan fingerprint density at radius 2 is 1.52 bits per heavy atom. The fraction of sp³-hybridized carbons (Fsp3) is 0.125. The van der Waals surface area contributed by atoms with E-state index in [1.54, 1.807) is 0 Å². The Morgan fingerprint density at radius 1 is 0.913 bits per heavy atom. The van der Waals surface area contributed by atoms with Crippen LogP contribution in [0.1, 0.15) is 11.1 Å². The molecule has 0 aliphatic carbocycles. The molecule has 0 amide bonds. The number of alkyl halides is 3. The molecule has 0 atom stereocenters. The van der Waals surface area contributed by atoms with Gasteiger partial charge in [0.15, 0.2) is 11.6 Å². The highest BCUT2D eigenvalue weighted by atomic mass is 19.4. The van der Waals surface area contributed by atoms with Gasteiger partial charge >= 0.3 is 6.18 Å². The summed E-state index contributed by atoms with van der Waals surface area (Å²) in [6, 6.07) is 12.2. The number of H-pyrrole nitrogens is 1. The zero-order chi connectivity index (χ0) is 16.4. The van der Waals surface area contributed by atoms with Gasteiger partial charge in [-0.05, 0) is 17.7 Å². The lowest BCUT2D eigenvalue weighted by atomic mass is 10.1. The Hall–Kier alpha value is -2.67. The summed E-state index contributed by atoms with van der Waals surface area (Å²) in [7, 11) is 0. The van der Waals surface area contributed by atoms with Gasteiger partial charge < -0.3 is 5.73 Å². The van der Waals surface area contributed by atoms with E-state index in [9.17, 15) is 13.2 Å². The molecule has 3 N–H and O–H groups in total. The van der Waals surface area contributed by atoms with Crippen molar-refractivity contribution in [3.8, 4) is 22.8 Å². The average molecular weight is 318 g/mol. The maximum atomic E-state index is 12.6. The molecule has 2 aromatic carbocycles. The number of hydrogen-bond donors (Lipinski definition) is 2. The van der Waals surface area contributed by atoms with Crippen molar-refractivity contribution in [2.75, 3.05) is 0 Å². The standard InChI is InChI=1S/C16H13F3N4/c17-16(18,19)13-7-5-12(6-8-13)15-21-14(22-23-15)11-3-1-10(9-20)2-4-11/h1-8H,9,20H2,(H,21,22,23). The average Bonchev–Trinajstić information content (AvgIpc) is 3.04. The number of nitrogens with two attached hydrogens (primary N) is 1. The Bertz CT molecular complexity index is 789. The van der Waals surface area contributed by atoms with Gasteiger partial charge in [0.1, 0.15) is 0 Å². The zero-order valence-corrected chi connectivity index (χ0v) is 11.9. The summed E-state index contributed by atoms with van der Waals surface area (Å²) in [5, 5.41) is 6.84. The third-order valence-corrected chi connectivity index (χ3v) is 3.42. The van der Waals surface area contributed by atoms with Crippen molar-refractivity contribution >= 4 is 0 Å². The number of aromatic amines is 1. The molecule has 0 spiro atoms. The summed E-state index contributed by atoms with van der Waals surface area (Å²) in [5.74, 6) is 0.889. The summed E-state index contributed by atoms with van der Waals surface area (Å²) >= 11 is 0. The van der Waals surface area contributed by atoms with Crippen LogP contribution in [-0.2, 0) is 12.7 Å². The molecular formula is C16H13F3N4.